The number of anilines is 1. The van der Waals surface area contributed by atoms with Crippen LogP contribution >= 0.6 is 0 Å². The predicted molar refractivity (Wildman–Crippen MR) is 105 cm³/mol. The van der Waals surface area contributed by atoms with Crippen molar-refractivity contribution in [2.75, 3.05) is 5.32 Å². The van der Waals surface area contributed by atoms with Crippen LogP contribution in [-0.2, 0) is 16.4 Å². The van der Waals surface area contributed by atoms with E-state index in [0.29, 0.717) is 16.3 Å². The van der Waals surface area contributed by atoms with Crippen molar-refractivity contribution in [2.45, 2.75) is 37.1 Å². The van der Waals surface area contributed by atoms with Crippen molar-refractivity contribution in [3.05, 3.63) is 76.9 Å². The van der Waals surface area contributed by atoms with Crippen molar-refractivity contribution in [3.63, 3.8) is 0 Å². The first-order chi connectivity index (χ1) is 12.4. The van der Waals surface area contributed by atoms with Gasteiger partial charge in [-0.15, -0.1) is 0 Å². The maximum Gasteiger partial charge on any atom is 0.207 e. The van der Waals surface area contributed by atoms with E-state index >= 15 is 0 Å². The molecule has 0 amide bonds. The van der Waals surface area contributed by atoms with Crippen molar-refractivity contribution < 1.29 is 8.42 Å². The second kappa shape index (κ2) is 5.99. The summed E-state index contributed by atoms with van der Waals surface area (Å²) in [6.45, 7) is 6.64. The molecule has 4 rings (SSSR count). The highest BCUT2D eigenvalue weighted by atomic mass is 32.2. The van der Waals surface area contributed by atoms with Crippen LogP contribution < -0.4 is 5.32 Å². The minimum absolute atomic E-state index is 0.329. The van der Waals surface area contributed by atoms with E-state index in [4.69, 9.17) is 0 Å². The standard InChI is InChI=1S/C22H21NO2S/c1-14-4-7-18(8-5-14)26(24,25)21-12-16(3)11-20-22(21)19-9-6-15(2)10-17(19)13-23-20/h4-12,23H,13H2,1-3H3. The van der Waals surface area contributed by atoms with Crippen molar-refractivity contribution in [2.24, 2.45) is 0 Å². The van der Waals surface area contributed by atoms with Gasteiger partial charge in [0.2, 0.25) is 9.84 Å². The Kier molecular flexibility index (Phi) is 3.88. The first-order valence-corrected chi connectivity index (χ1v) is 10.1. The van der Waals surface area contributed by atoms with Gasteiger partial charge in [-0.3, -0.25) is 0 Å². The lowest BCUT2D eigenvalue weighted by atomic mass is 9.92. The van der Waals surface area contributed by atoms with Crippen molar-refractivity contribution >= 4 is 15.5 Å². The summed E-state index contributed by atoms with van der Waals surface area (Å²) >= 11 is 0. The molecule has 3 nitrogen and oxygen atoms in total. The van der Waals surface area contributed by atoms with Gasteiger partial charge in [0.25, 0.3) is 0 Å². The maximum atomic E-state index is 13.4. The number of rotatable bonds is 2. The van der Waals surface area contributed by atoms with Crippen LogP contribution in [0.25, 0.3) is 11.1 Å². The van der Waals surface area contributed by atoms with E-state index in [-0.39, 0.29) is 0 Å². The summed E-state index contributed by atoms with van der Waals surface area (Å²) in [6.07, 6.45) is 0. The second-order valence-corrected chi connectivity index (χ2v) is 8.93. The molecule has 0 aromatic heterocycles. The number of benzene rings is 3. The van der Waals surface area contributed by atoms with E-state index in [1.807, 2.05) is 44.2 Å². The van der Waals surface area contributed by atoms with Gasteiger partial charge < -0.3 is 5.32 Å². The molecule has 1 N–H and O–H groups in total. The Labute approximate surface area is 154 Å². The molecule has 1 aliphatic heterocycles. The SMILES string of the molecule is Cc1ccc(S(=O)(=O)c2cc(C)cc3c2-c2ccc(C)cc2CN3)cc1. The topological polar surface area (TPSA) is 46.2 Å². The molecule has 3 aromatic rings. The summed E-state index contributed by atoms with van der Waals surface area (Å²) in [6, 6.07) is 17.0. The number of fused-ring (bicyclic) bond motifs is 3. The fourth-order valence-corrected chi connectivity index (χ4v) is 5.11. The Morgan fingerprint density at radius 3 is 2.23 bits per heavy atom. The molecule has 0 bridgehead atoms. The Hall–Kier alpha value is -2.59. The highest BCUT2D eigenvalue weighted by molar-refractivity contribution is 7.91. The third-order valence-electron chi connectivity index (χ3n) is 4.87. The molecule has 0 saturated carbocycles. The van der Waals surface area contributed by atoms with Gasteiger partial charge in [0.05, 0.1) is 9.79 Å². The van der Waals surface area contributed by atoms with Gasteiger partial charge in [0.15, 0.2) is 0 Å². The average molecular weight is 363 g/mol. The number of aryl methyl sites for hydroxylation is 3. The molecule has 0 atom stereocenters. The molecule has 0 saturated heterocycles. The lowest BCUT2D eigenvalue weighted by molar-refractivity contribution is 0.596. The number of hydrogen-bond donors (Lipinski definition) is 1. The lowest BCUT2D eigenvalue weighted by Gasteiger charge is -2.25. The molecule has 0 radical (unpaired) electrons. The molecule has 0 aliphatic carbocycles. The van der Waals surface area contributed by atoms with Gasteiger partial charge in [-0.2, -0.15) is 0 Å². The Morgan fingerprint density at radius 1 is 0.808 bits per heavy atom. The van der Waals surface area contributed by atoms with Gasteiger partial charge in [0.1, 0.15) is 0 Å². The van der Waals surface area contributed by atoms with Crippen LogP contribution in [-0.4, -0.2) is 8.42 Å². The molecular formula is C22H21NO2S. The number of nitrogens with one attached hydrogen (secondary N) is 1. The van der Waals surface area contributed by atoms with Crippen LogP contribution in [0.1, 0.15) is 22.3 Å². The predicted octanol–water partition coefficient (Wildman–Crippen LogP) is 5.04. The first kappa shape index (κ1) is 16.9. The summed E-state index contributed by atoms with van der Waals surface area (Å²) in [5, 5.41) is 3.40. The van der Waals surface area contributed by atoms with Gasteiger partial charge in [0, 0.05) is 17.8 Å². The highest BCUT2D eigenvalue weighted by Gasteiger charge is 2.27. The molecule has 26 heavy (non-hydrogen) atoms. The summed E-state index contributed by atoms with van der Waals surface area (Å²) in [5.41, 5.74) is 6.92. The Balaban J connectivity index is 2.00. The normalized spacial score (nSPS) is 12.9. The summed E-state index contributed by atoms with van der Waals surface area (Å²) in [5.74, 6) is 0. The fourth-order valence-electron chi connectivity index (χ4n) is 3.53. The third-order valence-corrected chi connectivity index (χ3v) is 6.66. The zero-order chi connectivity index (χ0) is 18.5. The monoisotopic (exact) mass is 363 g/mol. The molecule has 0 fully saturated rings. The largest absolute Gasteiger partial charge is 0.380 e. The van der Waals surface area contributed by atoms with Crippen molar-refractivity contribution in [3.8, 4) is 11.1 Å². The van der Waals surface area contributed by atoms with Crippen molar-refractivity contribution in [1.82, 2.24) is 0 Å². The van der Waals surface area contributed by atoms with E-state index in [9.17, 15) is 8.42 Å². The summed E-state index contributed by atoms with van der Waals surface area (Å²) < 4.78 is 26.8. The van der Waals surface area contributed by atoms with Gasteiger partial charge in [-0.05, 0) is 61.7 Å². The van der Waals surface area contributed by atoms with Crippen molar-refractivity contribution in [1.29, 1.82) is 0 Å². The number of hydrogen-bond acceptors (Lipinski definition) is 3. The quantitative estimate of drug-likeness (QED) is 0.694. The van der Waals surface area contributed by atoms with Gasteiger partial charge in [-0.25, -0.2) is 8.42 Å². The van der Waals surface area contributed by atoms with Crippen LogP contribution in [0.2, 0.25) is 0 Å². The van der Waals surface area contributed by atoms with E-state index in [2.05, 4.69) is 18.3 Å². The molecule has 1 aliphatic rings. The molecule has 0 spiro atoms. The zero-order valence-corrected chi connectivity index (χ0v) is 15.9. The second-order valence-electron chi connectivity index (χ2n) is 7.02. The summed E-state index contributed by atoms with van der Waals surface area (Å²) in [7, 11) is -3.61. The Morgan fingerprint density at radius 2 is 1.50 bits per heavy atom. The zero-order valence-electron chi connectivity index (χ0n) is 15.1. The fraction of sp³-hybridized carbons (Fsp3) is 0.182. The minimum atomic E-state index is -3.61. The summed E-state index contributed by atoms with van der Waals surface area (Å²) in [4.78, 5) is 0.698. The molecule has 132 valence electrons. The van der Waals surface area contributed by atoms with Crippen LogP contribution in [0.4, 0.5) is 5.69 Å². The maximum absolute atomic E-state index is 13.4. The van der Waals surface area contributed by atoms with Crippen LogP contribution in [0, 0.1) is 20.8 Å². The smallest absolute Gasteiger partial charge is 0.207 e. The third kappa shape index (κ3) is 2.71. The van der Waals surface area contributed by atoms with Crippen LogP contribution in [0.3, 0.4) is 0 Å². The van der Waals surface area contributed by atoms with Crippen LogP contribution in [0.5, 0.6) is 0 Å². The number of sulfone groups is 1. The van der Waals surface area contributed by atoms with E-state index in [0.717, 1.165) is 33.5 Å². The van der Waals surface area contributed by atoms with E-state index in [1.54, 1.807) is 18.2 Å². The molecular weight excluding hydrogens is 342 g/mol. The first-order valence-electron chi connectivity index (χ1n) is 8.66. The van der Waals surface area contributed by atoms with Crippen LogP contribution in [0.15, 0.2) is 64.4 Å². The lowest BCUT2D eigenvalue weighted by Crippen LogP contribution is -2.13. The highest BCUT2D eigenvalue weighted by Crippen LogP contribution is 2.42. The average Bonchev–Trinajstić information content (AvgIpc) is 2.61. The van der Waals surface area contributed by atoms with Gasteiger partial charge in [-0.1, -0.05) is 41.5 Å². The molecule has 1 heterocycles. The van der Waals surface area contributed by atoms with E-state index in [1.165, 1.54) is 5.56 Å². The van der Waals surface area contributed by atoms with E-state index < -0.39 is 9.84 Å². The minimum Gasteiger partial charge on any atom is -0.380 e. The molecule has 4 heteroatoms. The van der Waals surface area contributed by atoms with Gasteiger partial charge >= 0.3 is 0 Å². The Bertz CT molecular complexity index is 1110. The molecule has 0 unspecified atom stereocenters. The molecule has 3 aromatic carbocycles.